The van der Waals surface area contributed by atoms with Crippen LogP contribution >= 0.6 is 15.9 Å². The van der Waals surface area contributed by atoms with E-state index in [1.807, 2.05) is 0 Å². The van der Waals surface area contributed by atoms with E-state index in [0.29, 0.717) is 0 Å². The Bertz CT molecular complexity index is 568. The zero-order chi connectivity index (χ0) is 13.3. The Balaban J connectivity index is 2.27. The maximum atomic E-state index is 13.8. The quantitative estimate of drug-likeness (QED) is 0.885. The van der Waals surface area contributed by atoms with Crippen molar-refractivity contribution in [3.63, 3.8) is 0 Å². The molecule has 2 rings (SSSR count). The number of benzene rings is 1. The van der Waals surface area contributed by atoms with E-state index in [4.69, 9.17) is 5.73 Å². The summed E-state index contributed by atoms with van der Waals surface area (Å²) in [7, 11) is 1.76. The number of aryl methyl sites for hydroxylation is 1. The molecule has 0 aliphatic rings. The van der Waals surface area contributed by atoms with Crippen LogP contribution in [0.2, 0.25) is 0 Å². The first kappa shape index (κ1) is 13.2. The van der Waals surface area contributed by atoms with Crippen molar-refractivity contribution in [2.75, 3.05) is 0 Å². The molecule has 6 heteroatoms. The molecule has 1 unspecified atom stereocenters. The Morgan fingerprint density at radius 2 is 2.17 bits per heavy atom. The number of nitrogens with two attached hydrogens (primary N) is 1. The third-order valence-electron chi connectivity index (χ3n) is 2.72. The van der Waals surface area contributed by atoms with Gasteiger partial charge in [-0.05, 0) is 34.5 Å². The fourth-order valence-electron chi connectivity index (χ4n) is 1.73. The predicted octanol–water partition coefficient (Wildman–Crippen LogP) is 2.70. The van der Waals surface area contributed by atoms with Gasteiger partial charge >= 0.3 is 0 Å². The molecule has 3 nitrogen and oxygen atoms in total. The van der Waals surface area contributed by atoms with Crippen LogP contribution in [0.15, 0.2) is 29.0 Å². The van der Waals surface area contributed by atoms with Crippen LogP contribution in [0.1, 0.15) is 17.2 Å². The maximum Gasteiger partial charge on any atom is 0.143 e. The molecule has 1 aromatic heterocycles. The molecule has 2 aromatic rings. The van der Waals surface area contributed by atoms with E-state index in [2.05, 4.69) is 21.0 Å². The molecule has 0 fully saturated rings. The molecule has 1 heterocycles. The average molecular weight is 316 g/mol. The summed E-state index contributed by atoms with van der Waals surface area (Å²) >= 11 is 3.03. The van der Waals surface area contributed by atoms with Crippen LogP contribution in [0.5, 0.6) is 0 Å². The topological polar surface area (TPSA) is 43.8 Å². The van der Waals surface area contributed by atoms with Crippen molar-refractivity contribution in [2.45, 2.75) is 12.5 Å². The average Bonchev–Trinajstić information content (AvgIpc) is 2.76. The highest BCUT2D eigenvalue weighted by Crippen LogP contribution is 2.25. The summed E-state index contributed by atoms with van der Waals surface area (Å²) in [6.45, 7) is 0. The minimum atomic E-state index is -0.602. The Hall–Kier alpha value is -1.27. The van der Waals surface area contributed by atoms with Crippen molar-refractivity contribution in [2.24, 2.45) is 12.8 Å². The van der Waals surface area contributed by atoms with Gasteiger partial charge in [-0.2, -0.15) is 5.10 Å². The summed E-state index contributed by atoms with van der Waals surface area (Å²) < 4.78 is 29.2. The van der Waals surface area contributed by atoms with Crippen LogP contribution in [0.4, 0.5) is 8.78 Å². The molecule has 96 valence electrons. The first-order valence-corrected chi connectivity index (χ1v) is 6.15. The lowest BCUT2D eigenvalue weighted by Gasteiger charge is -2.11. The molecule has 1 atom stereocenters. The lowest BCUT2D eigenvalue weighted by molar-refractivity contribution is 0.536. The standard InChI is InChI=1S/C12H12BrF2N3/c1-18-6-7(5-17-18)11(16)4-8-10(14)3-2-9(13)12(8)15/h2-3,5-6,11H,4,16H2,1H3. The second-order valence-corrected chi connectivity index (χ2v) is 4.93. The van der Waals surface area contributed by atoms with E-state index >= 15 is 0 Å². The van der Waals surface area contributed by atoms with Crippen molar-refractivity contribution < 1.29 is 8.78 Å². The number of hydrogen-bond acceptors (Lipinski definition) is 2. The van der Waals surface area contributed by atoms with Gasteiger partial charge in [0.25, 0.3) is 0 Å². The van der Waals surface area contributed by atoms with Crippen LogP contribution in [-0.2, 0) is 13.5 Å². The Morgan fingerprint density at radius 3 is 2.78 bits per heavy atom. The number of halogens is 3. The van der Waals surface area contributed by atoms with Crippen molar-refractivity contribution in [3.8, 4) is 0 Å². The third-order valence-corrected chi connectivity index (χ3v) is 3.33. The van der Waals surface area contributed by atoms with Crippen LogP contribution < -0.4 is 5.73 Å². The van der Waals surface area contributed by atoms with Gasteiger partial charge in [0.15, 0.2) is 0 Å². The molecule has 0 aliphatic carbocycles. The van der Waals surface area contributed by atoms with Crippen LogP contribution in [0, 0.1) is 11.6 Å². The Kier molecular flexibility index (Phi) is 3.77. The van der Waals surface area contributed by atoms with Crippen molar-refractivity contribution in [1.82, 2.24) is 9.78 Å². The molecule has 0 aliphatic heterocycles. The zero-order valence-electron chi connectivity index (χ0n) is 9.70. The fourth-order valence-corrected chi connectivity index (χ4v) is 2.10. The molecule has 0 saturated heterocycles. The van der Waals surface area contributed by atoms with Crippen LogP contribution in [0.3, 0.4) is 0 Å². The summed E-state index contributed by atoms with van der Waals surface area (Å²) in [4.78, 5) is 0. The molecule has 0 radical (unpaired) electrons. The summed E-state index contributed by atoms with van der Waals surface area (Å²) in [6.07, 6.45) is 3.42. The first-order chi connectivity index (χ1) is 8.49. The van der Waals surface area contributed by atoms with Crippen molar-refractivity contribution in [3.05, 3.63) is 51.8 Å². The zero-order valence-corrected chi connectivity index (χ0v) is 11.3. The molecule has 18 heavy (non-hydrogen) atoms. The largest absolute Gasteiger partial charge is 0.324 e. The van der Waals surface area contributed by atoms with Gasteiger partial charge < -0.3 is 5.73 Å². The smallest absolute Gasteiger partial charge is 0.143 e. The molecule has 0 saturated carbocycles. The lowest BCUT2D eigenvalue weighted by atomic mass is 10.0. The minimum absolute atomic E-state index is 0.0132. The van der Waals surface area contributed by atoms with Gasteiger partial charge in [0.1, 0.15) is 11.6 Å². The van der Waals surface area contributed by atoms with E-state index in [0.717, 1.165) is 5.56 Å². The number of nitrogens with zero attached hydrogens (tertiary/aromatic N) is 2. The fraction of sp³-hybridized carbons (Fsp3) is 0.250. The van der Waals surface area contributed by atoms with Gasteiger partial charge in [0.2, 0.25) is 0 Å². The highest BCUT2D eigenvalue weighted by molar-refractivity contribution is 9.10. The maximum absolute atomic E-state index is 13.8. The number of rotatable bonds is 3. The number of hydrogen-bond donors (Lipinski definition) is 1. The molecular formula is C12H12BrF2N3. The van der Waals surface area contributed by atoms with Gasteiger partial charge in [-0.25, -0.2) is 8.78 Å². The molecule has 0 bridgehead atoms. The van der Waals surface area contributed by atoms with Gasteiger partial charge in [-0.3, -0.25) is 4.68 Å². The van der Waals surface area contributed by atoms with E-state index in [-0.39, 0.29) is 16.5 Å². The third kappa shape index (κ3) is 2.59. The van der Waals surface area contributed by atoms with Crippen molar-refractivity contribution in [1.29, 1.82) is 0 Å². The van der Waals surface area contributed by atoms with E-state index < -0.39 is 17.7 Å². The summed E-state index contributed by atoms with van der Waals surface area (Å²) in [5, 5.41) is 3.98. The van der Waals surface area contributed by atoms with Crippen LogP contribution in [0.25, 0.3) is 0 Å². The molecular weight excluding hydrogens is 304 g/mol. The Morgan fingerprint density at radius 1 is 1.44 bits per heavy atom. The van der Waals surface area contributed by atoms with E-state index in [1.54, 1.807) is 24.1 Å². The van der Waals surface area contributed by atoms with Gasteiger partial charge in [-0.1, -0.05) is 0 Å². The number of aromatic nitrogens is 2. The molecule has 1 aromatic carbocycles. The predicted molar refractivity (Wildman–Crippen MR) is 67.9 cm³/mol. The second kappa shape index (κ2) is 5.16. The summed E-state index contributed by atoms with van der Waals surface area (Å²) in [6, 6.07) is 2.07. The highest BCUT2D eigenvalue weighted by Gasteiger charge is 2.17. The van der Waals surface area contributed by atoms with Gasteiger partial charge in [0.05, 0.1) is 10.7 Å². The monoisotopic (exact) mass is 315 g/mol. The Labute approximate surface area is 112 Å². The summed E-state index contributed by atoms with van der Waals surface area (Å²) in [5.74, 6) is -1.19. The normalized spacial score (nSPS) is 12.7. The van der Waals surface area contributed by atoms with Gasteiger partial charge in [-0.15, -0.1) is 0 Å². The molecule has 0 amide bonds. The van der Waals surface area contributed by atoms with E-state index in [1.165, 1.54) is 12.1 Å². The lowest BCUT2D eigenvalue weighted by Crippen LogP contribution is -2.15. The van der Waals surface area contributed by atoms with E-state index in [9.17, 15) is 8.78 Å². The minimum Gasteiger partial charge on any atom is -0.324 e. The van der Waals surface area contributed by atoms with Crippen molar-refractivity contribution >= 4 is 15.9 Å². The highest BCUT2D eigenvalue weighted by atomic mass is 79.9. The first-order valence-electron chi connectivity index (χ1n) is 5.35. The van der Waals surface area contributed by atoms with Crippen LogP contribution in [-0.4, -0.2) is 9.78 Å². The summed E-state index contributed by atoms with van der Waals surface area (Å²) in [5.41, 5.74) is 6.66. The molecule has 0 spiro atoms. The van der Waals surface area contributed by atoms with Gasteiger partial charge in [0, 0.05) is 30.4 Å². The SMILES string of the molecule is Cn1cc(C(N)Cc2c(F)ccc(Br)c2F)cn1. The second-order valence-electron chi connectivity index (χ2n) is 4.08. The molecule has 2 N–H and O–H groups in total.